The molecule has 0 saturated heterocycles. The van der Waals surface area contributed by atoms with Crippen molar-refractivity contribution in [3.63, 3.8) is 0 Å². The zero-order valence-electron chi connectivity index (χ0n) is 11.8. The Kier molecular flexibility index (Phi) is 4.28. The van der Waals surface area contributed by atoms with Crippen molar-refractivity contribution in [1.29, 1.82) is 0 Å². The van der Waals surface area contributed by atoms with Crippen molar-refractivity contribution in [2.75, 3.05) is 19.6 Å². The molecule has 1 aliphatic heterocycles. The molecule has 0 saturated carbocycles. The van der Waals surface area contributed by atoms with Crippen LogP contribution in [0.4, 0.5) is 0 Å². The minimum atomic E-state index is -3.32. The van der Waals surface area contributed by atoms with E-state index in [1.807, 2.05) is 12.1 Å². The summed E-state index contributed by atoms with van der Waals surface area (Å²) in [5.41, 5.74) is 0.905. The second kappa shape index (κ2) is 5.61. The van der Waals surface area contributed by atoms with Gasteiger partial charge in [0.1, 0.15) is 0 Å². The van der Waals surface area contributed by atoms with Gasteiger partial charge in [0.25, 0.3) is 0 Å². The van der Waals surface area contributed by atoms with E-state index in [2.05, 4.69) is 30.4 Å². The number of sulfonamides is 1. The lowest BCUT2D eigenvalue weighted by molar-refractivity contribution is 0.238. The molecule has 0 bridgehead atoms. The van der Waals surface area contributed by atoms with Crippen LogP contribution in [-0.2, 0) is 10.0 Å². The van der Waals surface area contributed by atoms with Gasteiger partial charge in [-0.05, 0) is 30.6 Å². The predicted molar refractivity (Wildman–Crippen MR) is 76.5 cm³/mol. The summed E-state index contributed by atoms with van der Waals surface area (Å²) in [5.74, 6) is 0.248. The van der Waals surface area contributed by atoms with Crippen molar-refractivity contribution in [2.45, 2.75) is 31.7 Å². The van der Waals surface area contributed by atoms with Gasteiger partial charge in [-0.3, -0.25) is 0 Å². The summed E-state index contributed by atoms with van der Waals surface area (Å²) >= 11 is 0. The Morgan fingerprint density at radius 2 is 1.89 bits per heavy atom. The smallest absolute Gasteiger partial charge is 0.241 e. The summed E-state index contributed by atoms with van der Waals surface area (Å²) in [6.45, 7) is 9.23. The van der Waals surface area contributed by atoms with Gasteiger partial charge < -0.3 is 4.90 Å². The molecule has 1 aromatic rings. The van der Waals surface area contributed by atoms with Crippen LogP contribution < -0.4 is 4.72 Å². The molecule has 1 N–H and O–H groups in total. The maximum atomic E-state index is 12.1. The lowest BCUT2D eigenvalue weighted by atomic mass is 9.95. The fourth-order valence-electron chi connectivity index (χ4n) is 2.69. The highest BCUT2D eigenvalue weighted by Gasteiger charge is 2.36. The molecule has 0 fully saturated rings. The van der Waals surface area contributed by atoms with Gasteiger partial charge >= 0.3 is 0 Å². The maximum Gasteiger partial charge on any atom is 0.241 e. The third-order valence-electron chi connectivity index (χ3n) is 3.84. The van der Waals surface area contributed by atoms with Crippen molar-refractivity contribution in [3.05, 3.63) is 29.8 Å². The molecule has 0 spiro atoms. The average Bonchev–Trinajstić information content (AvgIpc) is 2.68. The molecule has 0 aliphatic carbocycles. The minimum absolute atomic E-state index is 0.109. The molecule has 5 heteroatoms. The van der Waals surface area contributed by atoms with Crippen LogP contribution in [0.15, 0.2) is 29.2 Å². The summed E-state index contributed by atoms with van der Waals surface area (Å²) in [6.07, 6.45) is 0. The summed E-state index contributed by atoms with van der Waals surface area (Å²) < 4.78 is 26.9. The normalized spacial score (nSPS) is 22.4. The molecule has 4 nitrogen and oxygen atoms in total. The molecule has 2 rings (SSSR count). The fourth-order valence-corrected chi connectivity index (χ4v) is 4.28. The van der Waals surface area contributed by atoms with Gasteiger partial charge in [0.15, 0.2) is 0 Å². The predicted octanol–water partition coefficient (Wildman–Crippen LogP) is 2.00. The molecule has 2 atom stereocenters. The molecule has 0 amide bonds. The van der Waals surface area contributed by atoms with E-state index in [1.54, 1.807) is 12.1 Å². The van der Waals surface area contributed by atoms with Crippen LogP contribution in [0.2, 0.25) is 0 Å². The lowest BCUT2D eigenvalue weighted by Crippen LogP contribution is -2.34. The summed E-state index contributed by atoms with van der Waals surface area (Å²) in [5, 5.41) is 0. The molecule has 0 radical (unpaired) electrons. The number of fused-ring (bicyclic) bond motifs is 1. The van der Waals surface area contributed by atoms with Crippen molar-refractivity contribution in [2.24, 2.45) is 5.92 Å². The Hall–Kier alpha value is -0.910. The first-order chi connectivity index (χ1) is 8.99. The topological polar surface area (TPSA) is 49.4 Å². The number of rotatable bonds is 5. The quantitative estimate of drug-likeness (QED) is 0.898. The van der Waals surface area contributed by atoms with E-state index in [-0.39, 0.29) is 12.0 Å². The molecule has 1 heterocycles. The largest absolute Gasteiger partial charge is 0.304 e. The van der Waals surface area contributed by atoms with Gasteiger partial charge in [0, 0.05) is 6.54 Å². The highest BCUT2D eigenvalue weighted by molar-refractivity contribution is 7.89. The molecule has 1 aromatic carbocycles. The van der Waals surface area contributed by atoms with Gasteiger partial charge in [0.05, 0.1) is 10.9 Å². The van der Waals surface area contributed by atoms with E-state index >= 15 is 0 Å². The van der Waals surface area contributed by atoms with Gasteiger partial charge in [-0.15, -0.1) is 0 Å². The van der Waals surface area contributed by atoms with Crippen molar-refractivity contribution in [1.82, 2.24) is 9.62 Å². The van der Waals surface area contributed by atoms with E-state index in [0.717, 1.165) is 25.2 Å². The van der Waals surface area contributed by atoms with Crippen LogP contribution in [-0.4, -0.2) is 33.0 Å². The molecule has 2 unspecified atom stereocenters. The second-order valence-electron chi connectivity index (χ2n) is 5.10. The number of nitrogens with one attached hydrogen (secondary N) is 1. The molecule has 19 heavy (non-hydrogen) atoms. The Balaban J connectivity index is 2.24. The highest BCUT2D eigenvalue weighted by atomic mass is 32.2. The summed E-state index contributed by atoms with van der Waals surface area (Å²) in [6, 6.07) is 7.16. The first-order valence-corrected chi connectivity index (χ1v) is 8.31. The Morgan fingerprint density at radius 3 is 2.53 bits per heavy atom. The van der Waals surface area contributed by atoms with E-state index in [1.165, 1.54) is 0 Å². The fraction of sp³-hybridized carbons (Fsp3) is 0.571. The molecule has 0 aromatic heterocycles. The maximum absolute atomic E-state index is 12.1. The highest BCUT2D eigenvalue weighted by Crippen LogP contribution is 2.35. The van der Waals surface area contributed by atoms with E-state index in [9.17, 15) is 8.42 Å². The first-order valence-electron chi connectivity index (χ1n) is 6.83. The summed E-state index contributed by atoms with van der Waals surface area (Å²) in [4.78, 5) is 2.76. The molecular weight excluding hydrogens is 260 g/mol. The van der Waals surface area contributed by atoms with Gasteiger partial charge in [0.2, 0.25) is 10.0 Å². The zero-order chi connectivity index (χ0) is 14.0. The molecule has 1 aliphatic rings. The van der Waals surface area contributed by atoms with E-state index < -0.39 is 10.0 Å². The Labute approximate surface area is 115 Å². The van der Waals surface area contributed by atoms with Crippen LogP contribution in [0.1, 0.15) is 32.4 Å². The third-order valence-corrected chi connectivity index (χ3v) is 5.35. The Morgan fingerprint density at radius 1 is 1.26 bits per heavy atom. The molecule has 106 valence electrons. The Bertz CT molecular complexity index is 538. The standard InChI is InChI=1S/C14H22N2O2S/c1-4-16(5-2)10-11(3)14-12-8-6-7-9-13(12)19(17,18)15-14/h6-9,11,14-15H,4-5,10H2,1-3H3. The van der Waals surface area contributed by atoms with Crippen molar-refractivity contribution >= 4 is 10.0 Å². The van der Waals surface area contributed by atoms with E-state index in [4.69, 9.17) is 0 Å². The summed E-state index contributed by atoms with van der Waals surface area (Å²) in [7, 11) is -3.32. The molecular formula is C14H22N2O2S. The van der Waals surface area contributed by atoms with Gasteiger partial charge in [-0.2, -0.15) is 0 Å². The monoisotopic (exact) mass is 282 g/mol. The van der Waals surface area contributed by atoms with Gasteiger partial charge in [-0.1, -0.05) is 39.0 Å². The minimum Gasteiger partial charge on any atom is -0.304 e. The van der Waals surface area contributed by atoms with Crippen LogP contribution in [0, 0.1) is 5.92 Å². The number of benzene rings is 1. The van der Waals surface area contributed by atoms with Crippen LogP contribution >= 0.6 is 0 Å². The average molecular weight is 282 g/mol. The second-order valence-corrected chi connectivity index (χ2v) is 6.78. The van der Waals surface area contributed by atoms with Crippen molar-refractivity contribution in [3.8, 4) is 0 Å². The number of hydrogen-bond acceptors (Lipinski definition) is 3. The van der Waals surface area contributed by atoms with Crippen LogP contribution in [0.5, 0.6) is 0 Å². The first kappa shape index (κ1) is 14.5. The third kappa shape index (κ3) is 2.83. The number of hydrogen-bond donors (Lipinski definition) is 1. The van der Waals surface area contributed by atoms with Crippen LogP contribution in [0.3, 0.4) is 0 Å². The SMILES string of the molecule is CCN(CC)CC(C)C1NS(=O)(=O)c2ccccc21. The van der Waals surface area contributed by atoms with Crippen LogP contribution in [0.25, 0.3) is 0 Å². The number of nitrogens with zero attached hydrogens (tertiary/aromatic N) is 1. The van der Waals surface area contributed by atoms with Crippen molar-refractivity contribution < 1.29 is 8.42 Å². The van der Waals surface area contributed by atoms with E-state index in [0.29, 0.717) is 4.90 Å². The zero-order valence-corrected chi connectivity index (χ0v) is 12.6. The van der Waals surface area contributed by atoms with Gasteiger partial charge in [-0.25, -0.2) is 13.1 Å². The lowest BCUT2D eigenvalue weighted by Gasteiger charge is -2.26.